The second kappa shape index (κ2) is 4.27. The van der Waals surface area contributed by atoms with Crippen molar-refractivity contribution < 1.29 is 4.79 Å². The predicted octanol–water partition coefficient (Wildman–Crippen LogP) is -0.291. The lowest BCUT2D eigenvalue weighted by molar-refractivity contribution is 0.0731. The van der Waals surface area contributed by atoms with Gasteiger partial charge >= 0.3 is 0 Å². The van der Waals surface area contributed by atoms with Gasteiger partial charge in [-0.05, 0) is 12.1 Å². The maximum Gasteiger partial charge on any atom is 0.274 e. The molecule has 0 aromatic carbocycles. The maximum atomic E-state index is 12.0. The molecule has 0 atom stereocenters. The van der Waals surface area contributed by atoms with E-state index in [2.05, 4.69) is 10.3 Å². The van der Waals surface area contributed by atoms with Crippen molar-refractivity contribution in [3.63, 3.8) is 0 Å². The quantitative estimate of drug-likeness (QED) is 0.662. The van der Waals surface area contributed by atoms with Crippen LogP contribution in [0.5, 0.6) is 0 Å². The summed E-state index contributed by atoms with van der Waals surface area (Å²) >= 11 is 0. The fraction of sp³-hybridized carbons (Fsp3) is 0.400. The van der Waals surface area contributed by atoms with E-state index >= 15 is 0 Å². The molecule has 5 nitrogen and oxygen atoms in total. The Bertz CT molecular complexity index is 360. The van der Waals surface area contributed by atoms with Gasteiger partial charge in [0.25, 0.3) is 5.91 Å². The standard InChI is InChI=1S/C10H14N4O/c11-8-2-1-3-13-9(8)10(15)14-6-4-12-5-7-14/h1-3,12H,4-7,11H2. The molecule has 1 aliphatic heterocycles. The smallest absolute Gasteiger partial charge is 0.274 e. The Morgan fingerprint density at radius 3 is 2.87 bits per heavy atom. The number of nitrogens with zero attached hydrogens (tertiary/aromatic N) is 2. The zero-order chi connectivity index (χ0) is 10.7. The normalized spacial score (nSPS) is 16.4. The summed E-state index contributed by atoms with van der Waals surface area (Å²) in [4.78, 5) is 17.8. The van der Waals surface area contributed by atoms with Crippen LogP contribution in [0, 0.1) is 0 Å². The van der Waals surface area contributed by atoms with E-state index in [0.29, 0.717) is 11.4 Å². The SMILES string of the molecule is Nc1cccnc1C(=O)N1CCNCC1. The van der Waals surface area contributed by atoms with Gasteiger partial charge in [-0.15, -0.1) is 0 Å². The first-order chi connectivity index (χ1) is 7.29. The fourth-order valence-electron chi connectivity index (χ4n) is 1.61. The van der Waals surface area contributed by atoms with Gasteiger partial charge in [0.05, 0.1) is 5.69 Å². The minimum absolute atomic E-state index is 0.0744. The number of piperazine rings is 1. The zero-order valence-electron chi connectivity index (χ0n) is 8.44. The van der Waals surface area contributed by atoms with E-state index in [4.69, 9.17) is 5.73 Å². The highest BCUT2D eigenvalue weighted by atomic mass is 16.2. The monoisotopic (exact) mass is 206 g/mol. The van der Waals surface area contributed by atoms with Crippen LogP contribution in [0.25, 0.3) is 0 Å². The molecule has 0 radical (unpaired) electrons. The summed E-state index contributed by atoms with van der Waals surface area (Å²) in [6, 6.07) is 3.42. The summed E-state index contributed by atoms with van der Waals surface area (Å²) in [7, 11) is 0. The lowest BCUT2D eigenvalue weighted by atomic mass is 10.2. The lowest BCUT2D eigenvalue weighted by Gasteiger charge is -2.27. The first kappa shape index (κ1) is 9.92. The number of nitrogens with one attached hydrogen (secondary N) is 1. The molecule has 0 spiro atoms. The molecular formula is C10H14N4O. The number of anilines is 1. The molecule has 1 aromatic heterocycles. The van der Waals surface area contributed by atoms with E-state index in [0.717, 1.165) is 26.2 Å². The third kappa shape index (κ3) is 2.07. The molecule has 1 aromatic rings. The summed E-state index contributed by atoms with van der Waals surface area (Å²) in [6.07, 6.45) is 1.59. The summed E-state index contributed by atoms with van der Waals surface area (Å²) in [5.74, 6) is -0.0744. The van der Waals surface area contributed by atoms with Gasteiger partial charge in [0, 0.05) is 32.4 Å². The minimum atomic E-state index is -0.0744. The summed E-state index contributed by atoms with van der Waals surface area (Å²) in [5.41, 5.74) is 6.51. The predicted molar refractivity (Wildman–Crippen MR) is 57.4 cm³/mol. The number of hydrogen-bond acceptors (Lipinski definition) is 4. The molecule has 2 rings (SSSR count). The van der Waals surface area contributed by atoms with Crippen molar-refractivity contribution >= 4 is 11.6 Å². The average molecular weight is 206 g/mol. The molecule has 3 N–H and O–H groups in total. The highest BCUT2D eigenvalue weighted by Crippen LogP contribution is 2.10. The number of carbonyl (C=O) groups is 1. The number of amides is 1. The van der Waals surface area contributed by atoms with Crippen molar-refractivity contribution in [1.82, 2.24) is 15.2 Å². The van der Waals surface area contributed by atoms with E-state index in [-0.39, 0.29) is 5.91 Å². The molecule has 1 fully saturated rings. The van der Waals surface area contributed by atoms with Crippen LogP contribution in [0.15, 0.2) is 18.3 Å². The largest absolute Gasteiger partial charge is 0.397 e. The molecule has 1 saturated heterocycles. The number of nitrogens with two attached hydrogens (primary N) is 1. The van der Waals surface area contributed by atoms with Gasteiger partial charge in [0.15, 0.2) is 5.69 Å². The molecule has 0 aliphatic carbocycles. The first-order valence-corrected chi connectivity index (χ1v) is 4.99. The Kier molecular flexibility index (Phi) is 2.82. The van der Waals surface area contributed by atoms with Crippen LogP contribution in [0.4, 0.5) is 5.69 Å². The zero-order valence-corrected chi connectivity index (χ0v) is 8.44. The van der Waals surface area contributed by atoms with E-state index in [1.54, 1.807) is 23.2 Å². The summed E-state index contributed by atoms with van der Waals surface area (Å²) in [5, 5.41) is 3.19. The highest BCUT2D eigenvalue weighted by molar-refractivity contribution is 5.97. The van der Waals surface area contributed by atoms with Crippen LogP contribution in [-0.4, -0.2) is 42.0 Å². The number of hydrogen-bond donors (Lipinski definition) is 2. The molecule has 5 heteroatoms. The molecule has 0 bridgehead atoms. The Morgan fingerprint density at radius 1 is 1.47 bits per heavy atom. The molecule has 0 unspecified atom stereocenters. The van der Waals surface area contributed by atoms with Gasteiger partial charge < -0.3 is 16.0 Å². The van der Waals surface area contributed by atoms with Gasteiger partial charge in [-0.25, -0.2) is 4.98 Å². The van der Waals surface area contributed by atoms with E-state index in [1.165, 1.54) is 0 Å². The van der Waals surface area contributed by atoms with Gasteiger partial charge in [-0.2, -0.15) is 0 Å². The van der Waals surface area contributed by atoms with Crippen molar-refractivity contribution in [3.05, 3.63) is 24.0 Å². The Balaban J connectivity index is 2.16. The van der Waals surface area contributed by atoms with Crippen molar-refractivity contribution in [2.75, 3.05) is 31.9 Å². The first-order valence-electron chi connectivity index (χ1n) is 4.99. The molecule has 2 heterocycles. The second-order valence-corrected chi connectivity index (χ2v) is 3.48. The molecular weight excluding hydrogens is 192 g/mol. The van der Waals surface area contributed by atoms with Gasteiger partial charge in [0.2, 0.25) is 0 Å². The van der Waals surface area contributed by atoms with Crippen LogP contribution in [0.1, 0.15) is 10.5 Å². The van der Waals surface area contributed by atoms with Crippen molar-refractivity contribution in [2.24, 2.45) is 0 Å². The van der Waals surface area contributed by atoms with Crippen molar-refractivity contribution in [3.8, 4) is 0 Å². The van der Waals surface area contributed by atoms with E-state index in [1.807, 2.05) is 0 Å². The highest BCUT2D eigenvalue weighted by Gasteiger charge is 2.20. The Labute approximate surface area is 88.3 Å². The van der Waals surface area contributed by atoms with Gasteiger partial charge in [-0.3, -0.25) is 4.79 Å². The molecule has 1 amide bonds. The molecule has 80 valence electrons. The number of pyridine rings is 1. The second-order valence-electron chi connectivity index (χ2n) is 3.48. The van der Waals surface area contributed by atoms with Crippen LogP contribution in [0.3, 0.4) is 0 Å². The third-order valence-electron chi connectivity index (χ3n) is 2.45. The van der Waals surface area contributed by atoms with Crippen LogP contribution in [0.2, 0.25) is 0 Å². The molecule has 1 aliphatic rings. The maximum absolute atomic E-state index is 12.0. The van der Waals surface area contributed by atoms with Gasteiger partial charge in [-0.1, -0.05) is 0 Å². The number of rotatable bonds is 1. The van der Waals surface area contributed by atoms with Crippen molar-refractivity contribution in [1.29, 1.82) is 0 Å². The Morgan fingerprint density at radius 2 is 2.20 bits per heavy atom. The minimum Gasteiger partial charge on any atom is -0.397 e. The summed E-state index contributed by atoms with van der Waals surface area (Å²) in [6.45, 7) is 3.10. The summed E-state index contributed by atoms with van der Waals surface area (Å²) < 4.78 is 0. The third-order valence-corrected chi connectivity index (χ3v) is 2.45. The van der Waals surface area contributed by atoms with Gasteiger partial charge in [0.1, 0.15) is 0 Å². The topological polar surface area (TPSA) is 71.2 Å². The fourth-order valence-corrected chi connectivity index (χ4v) is 1.61. The lowest BCUT2D eigenvalue weighted by Crippen LogP contribution is -2.46. The average Bonchev–Trinajstić information content (AvgIpc) is 2.30. The van der Waals surface area contributed by atoms with Crippen LogP contribution in [-0.2, 0) is 0 Å². The van der Waals surface area contributed by atoms with Crippen molar-refractivity contribution in [2.45, 2.75) is 0 Å². The van der Waals surface area contributed by atoms with Crippen LogP contribution >= 0.6 is 0 Å². The van der Waals surface area contributed by atoms with E-state index < -0.39 is 0 Å². The number of carbonyl (C=O) groups excluding carboxylic acids is 1. The Hall–Kier alpha value is -1.62. The molecule has 15 heavy (non-hydrogen) atoms. The van der Waals surface area contributed by atoms with E-state index in [9.17, 15) is 4.79 Å². The molecule has 0 saturated carbocycles. The van der Waals surface area contributed by atoms with Crippen LogP contribution < -0.4 is 11.1 Å². The number of nitrogen functional groups attached to an aromatic ring is 1. The number of aromatic nitrogens is 1.